The molecule has 1 unspecified atom stereocenters. The summed E-state index contributed by atoms with van der Waals surface area (Å²) in [4.78, 5) is 0. The van der Waals surface area contributed by atoms with Gasteiger partial charge in [0.1, 0.15) is 0 Å². The van der Waals surface area contributed by atoms with Crippen LogP contribution in [0, 0.1) is 0 Å². The molecule has 0 bridgehead atoms. The normalized spacial score (nSPS) is 19.7. The third-order valence-electron chi connectivity index (χ3n) is 4.03. The first kappa shape index (κ1) is 14.7. The van der Waals surface area contributed by atoms with Crippen molar-refractivity contribution >= 4 is 0 Å². The molecule has 1 atom stereocenters. The zero-order chi connectivity index (χ0) is 12.7. The van der Waals surface area contributed by atoms with E-state index in [4.69, 9.17) is 4.74 Å². The summed E-state index contributed by atoms with van der Waals surface area (Å²) in [5, 5.41) is 3.65. The van der Waals surface area contributed by atoms with Crippen molar-refractivity contribution in [3.63, 3.8) is 0 Å². The molecule has 1 aliphatic rings. The molecule has 2 nitrogen and oxygen atoms in total. The Morgan fingerprint density at radius 2 is 2.12 bits per heavy atom. The summed E-state index contributed by atoms with van der Waals surface area (Å²) in [6, 6.07) is 0.544. The maximum atomic E-state index is 5.73. The van der Waals surface area contributed by atoms with Crippen LogP contribution in [0.25, 0.3) is 0 Å². The molecule has 17 heavy (non-hydrogen) atoms. The van der Waals surface area contributed by atoms with E-state index in [9.17, 15) is 0 Å². The summed E-state index contributed by atoms with van der Waals surface area (Å²) in [6.07, 6.45) is 8.30. The average Bonchev–Trinajstić information content (AvgIpc) is 2.30. The van der Waals surface area contributed by atoms with Crippen LogP contribution in [-0.4, -0.2) is 25.3 Å². The Kier molecular flexibility index (Phi) is 6.21. The van der Waals surface area contributed by atoms with E-state index in [2.05, 4.69) is 25.7 Å². The lowest BCUT2D eigenvalue weighted by atomic mass is 9.75. The Morgan fingerprint density at radius 3 is 2.53 bits per heavy atom. The standard InChI is InChI=1S/C15H29NO/c1-5-10-16-14(11-13(3)6-2)12-15(17-4)8-7-9-15/h14,16H,3,5-12H2,1-2,4H3. The quantitative estimate of drug-likeness (QED) is 0.620. The predicted molar refractivity (Wildman–Crippen MR) is 74.3 cm³/mol. The summed E-state index contributed by atoms with van der Waals surface area (Å²) in [6.45, 7) is 9.64. The molecule has 0 heterocycles. The minimum atomic E-state index is 0.166. The van der Waals surface area contributed by atoms with Crippen molar-refractivity contribution in [2.75, 3.05) is 13.7 Å². The van der Waals surface area contributed by atoms with Gasteiger partial charge in [0.25, 0.3) is 0 Å². The molecule has 1 aliphatic carbocycles. The number of nitrogens with one attached hydrogen (secondary N) is 1. The Hall–Kier alpha value is -0.340. The zero-order valence-electron chi connectivity index (χ0n) is 11.8. The van der Waals surface area contributed by atoms with Gasteiger partial charge in [-0.2, -0.15) is 0 Å². The lowest BCUT2D eigenvalue weighted by Crippen LogP contribution is -2.46. The summed E-state index contributed by atoms with van der Waals surface area (Å²) in [5.74, 6) is 0. The highest BCUT2D eigenvalue weighted by atomic mass is 16.5. The van der Waals surface area contributed by atoms with Gasteiger partial charge in [-0.15, -0.1) is 0 Å². The topological polar surface area (TPSA) is 21.3 Å². The number of hydrogen-bond acceptors (Lipinski definition) is 2. The Morgan fingerprint density at radius 1 is 1.41 bits per heavy atom. The summed E-state index contributed by atoms with van der Waals surface area (Å²) >= 11 is 0. The fraction of sp³-hybridized carbons (Fsp3) is 0.867. The van der Waals surface area contributed by atoms with E-state index in [0.29, 0.717) is 6.04 Å². The van der Waals surface area contributed by atoms with Gasteiger partial charge in [-0.25, -0.2) is 0 Å². The zero-order valence-corrected chi connectivity index (χ0v) is 11.8. The van der Waals surface area contributed by atoms with E-state index in [1.54, 1.807) is 0 Å². The van der Waals surface area contributed by atoms with Gasteiger partial charge in [0.15, 0.2) is 0 Å². The van der Waals surface area contributed by atoms with Crippen LogP contribution in [0.4, 0.5) is 0 Å². The van der Waals surface area contributed by atoms with E-state index in [1.807, 2.05) is 7.11 Å². The summed E-state index contributed by atoms with van der Waals surface area (Å²) in [5.41, 5.74) is 1.52. The van der Waals surface area contributed by atoms with E-state index in [-0.39, 0.29) is 5.60 Å². The van der Waals surface area contributed by atoms with Crippen molar-refractivity contribution in [2.45, 2.75) is 70.4 Å². The van der Waals surface area contributed by atoms with Gasteiger partial charge in [-0.3, -0.25) is 0 Å². The number of hydrogen-bond donors (Lipinski definition) is 1. The van der Waals surface area contributed by atoms with Crippen LogP contribution in [0.15, 0.2) is 12.2 Å². The molecule has 0 radical (unpaired) electrons. The fourth-order valence-electron chi connectivity index (χ4n) is 2.57. The van der Waals surface area contributed by atoms with E-state index in [0.717, 1.165) is 25.8 Å². The van der Waals surface area contributed by atoms with E-state index in [1.165, 1.54) is 31.3 Å². The van der Waals surface area contributed by atoms with Crippen LogP contribution in [0.3, 0.4) is 0 Å². The molecule has 0 aromatic heterocycles. The first-order valence-corrected chi connectivity index (χ1v) is 7.11. The van der Waals surface area contributed by atoms with E-state index < -0.39 is 0 Å². The smallest absolute Gasteiger partial charge is 0.0693 e. The highest BCUT2D eigenvalue weighted by Crippen LogP contribution is 2.39. The number of ether oxygens (including phenoxy) is 1. The second-order valence-electron chi connectivity index (χ2n) is 5.40. The van der Waals surface area contributed by atoms with Gasteiger partial charge >= 0.3 is 0 Å². The van der Waals surface area contributed by atoms with Crippen LogP contribution in [0.5, 0.6) is 0 Å². The van der Waals surface area contributed by atoms with Crippen LogP contribution in [0.1, 0.15) is 58.8 Å². The first-order valence-electron chi connectivity index (χ1n) is 7.11. The minimum Gasteiger partial charge on any atom is -0.378 e. The highest BCUT2D eigenvalue weighted by molar-refractivity contribution is 5.00. The second kappa shape index (κ2) is 7.17. The lowest BCUT2D eigenvalue weighted by molar-refractivity contribution is -0.0834. The van der Waals surface area contributed by atoms with Crippen molar-refractivity contribution in [3.05, 3.63) is 12.2 Å². The molecule has 1 fully saturated rings. The van der Waals surface area contributed by atoms with Gasteiger partial charge in [0, 0.05) is 13.2 Å². The van der Waals surface area contributed by atoms with Gasteiger partial charge in [0.2, 0.25) is 0 Å². The third kappa shape index (κ3) is 4.44. The van der Waals surface area contributed by atoms with Crippen molar-refractivity contribution in [1.82, 2.24) is 5.32 Å². The molecule has 0 aliphatic heterocycles. The molecular weight excluding hydrogens is 210 g/mol. The third-order valence-corrected chi connectivity index (χ3v) is 4.03. The average molecular weight is 239 g/mol. The predicted octanol–water partition coefficient (Wildman–Crippen LogP) is 3.67. The maximum Gasteiger partial charge on any atom is 0.0693 e. The first-order chi connectivity index (χ1) is 8.15. The Labute approximate surface area is 107 Å². The summed E-state index contributed by atoms with van der Waals surface area (Å²) < 4.78 is 5.73. The molecule has 0 amide bonds. The molecule has 0 aromatic rings. The Bertz CT molecular complexity index is 228. The van der Waals surface area contributed by atoms with Gasteiger partial charge in [-0.1, -0.05) is 26.0 Å². The van der Waals surface area contributed by atoms with Crippen LogP contribution >= 0.6 is 0 Å². The number of rotatable bonds is 9. The van der Waals surface area contributed by atoms with Crippen LogP contribution in [-0.2, 0) is 4.74 Å². The summed E-state index contributed by atoms with van der Waals surface area (Å²) in [7, 11) is 1.87. The second-order valence-corrected chi connectivity index (χ2v) is 5.40. The van der Waals surface area contributed by atoms with Crippen molar-refractivity contribution < 1.29 is 4.74 Å². The molecule has 0 saturated heterocycles. The molecular formula is C15H29NO. The minimum absolute atomic E-state index is 0.166. The highest BCUT2D eigenvalue weighted by Gasteiger charge is 2.38. The molecule has 0 aromatic carbocycles. The monoisotopic (exact) mass is 239 g/mol. The van der Waals surface area contributed by atoms with Gasteiger partial charge < -0.3 is 10.1 Å². The molecule has 0 spiro atoms. The van der Waals surface area contributed by atoms with Crippen LogP contribution < -0.4 is 5.32 Å². The van der Waals surface area contributed by atoms with Crippen molar-refractivity contribution in [2.24, 2.45) is 0 Å². The molecule has 1 saturated carbocycles. The molecule has 1 N–H and O–H groups in total. The van der Waals surface area contributed by atoms with Crippen LogP contribution in [0.2, 0.25) is 0 Å². The lowest BCUT2D eigenvalue weighted by Gasteiger charge is -2.43. The largest absolute Gasteiger partial charge is 0.378 e. The van der Waals surface area contributed by atoms with Crippen molar-refractivity contribution in [3.8, 4) is 0 Å². The molecule has 1 rings (SSSR count). The Balaban J connectivity index is 2.46. The maximum absolute atomic E-state index is 5.73. The number of methoxy groups -OCH3 is 1. The van der Waals surface area contributed by atoms with Gasteiger partial charge in [-0.05, 0) is 51.5 Å². The molecule has 2 heteroatoms. The molecule has 100 valence electrons. The fourth-order valence-corrected chi connectivity index (χ4v) is 2.57. The van der Waals surface area contributed by atoms with Crippen molar-refractivity contribution in [1.29, 1.82) is 0 Å². The van der Waals surface area contributed by atoms with E-state index >= 15 is 0 Å². The SMILES string of the molecule is C=C(CC)CC(CC1(OC)CCC1)NCCC. The van der Waals surface area contributed by atoms with Gasteiger partial charge in [0.05, 0.1) is 5.60 Å².